The number of urea groups is 1. The Balaban J connectivity index is 1.83. The molecular weight excluding hydrogens is 327 g/mol. The van der Waals surface area contributed by atoms with Crippen molar-refractivity contribution >= 4 is 17.7 Å². The smallest absolute Gasteiger partial charge is 0.339 e. The number of hydrogen-bond acceptors (Lipinski definition) is 4. The zero-order valence-corrected chi connectivity index (χ0v) is 13.8. The highest BCUT2D eigenvalue weighted by atomic mass is 19.1. The zero-order valence-electron chi connectivity index (χ0n) is 13.8. The first kappa shape index (κ1) is 16.9. The van der Waals surface area contributed by atoms with E-state index in [0.29, 0.717) is 12.4 Å². The van der Waals surface area contributed by atoms with Gasteiger partial charge in [0.2, 0.25) is 0 Å². The fourth-order valence-corrected chi connectivity index (χ4v) is 3.01. The van der Waals surface area contributed by atoms with Crippen LogP contribution in [0.5, 0.6) is 0 Å². The number of benzene rings is 1. The van der Waals surface area contributed by atoms with Gasteiger partial charge in [-0.25, -0.2) is 19.0 Å². The molecule has 0 radical (unpaired) electrons. The molecule has 0 spiro atoms. The van der Waals surface area contributed by atoms with Gasteiger partial charge in [0.15, 0.2) is 0 Å². The molecule has 2 heterocycles. The van der Waals surface area contributed by atoms with Crippen LogP contribution in [0.3, 0.4) is 0 Å². The van der Waals surface area contributed by atoms with E-state index < -0.39 is 17.8 Å². The van der Waals surface area contributed by atoms with Crippen LogP contribution in [0, 0.1) is 5.82 Å². The van der Waals surface area contributed by atoms with Gasteiger partial charge in [0.05, 0.1) is 24.4 Å². The predicted octanol–water partition coefficient (Wildman–Crippen LogP) is 3.09. The molecule has 0 bridgehead atoms. The van der Waals surface area contributed by atoms with Crippen molar-refractivity contribution in [3.05, 3.63) is 47.8 Å². The Morgan fingerprint density at radius 3 is 2.96 bits per heavy atom. The number of carbonyl (C=O) groups excluding carboxylic acids is 2. The number of nitrogens with one attached hydrogen (secondary N) is 2. The standard InChI is InChI=1S/C17H19FN4O3/c1-25-16(23)12-6-5-11(18)10-13(12)21-17(24)22-9-3-2-4-14(22)15-19-7-8-20-15/h5-8,10,14H,2-4,9H2,1H3,(H,19,20)(H,21,24)/t14-/m1/s1. The molecule has 2 N–H and O–H groups in total. The molecule has 1 aromatic carbocycles. The Hall–Kier alpha value is -2.90. The summed E-state index contributed by atoms with van der Waals surface area (Å²) < 4.78 is 18.3. The van der Waals surface area contributed by atoms with E-state index >= 15 is 0 Å². The maximum absolute atomic E-state index is 13.6. The third kappa shape index (κ3) is 3.62. The number of rotatable bonds is 3. The number of aromatic nitrogens is 2. The maximum atomic E-state index is 13.6. The van der Waals surface area contributed by atoms with Crippen LogP contribution in [-0.2, 0) is 4.74 Å². The Labute approximate surface area is 144 Å². The van der Waals surface area contributed by atoms with Crippen molar-refractivity contribution in [1.82, 2.24) is 14.9 Å². The second kappa shape index (κ2) is 7.33. The number of nitrogens with zero attached hydrogens (tertiary/aromatic N) is 2. The van der Waals surface area contributed by atoms with Crippen molar-refractivity contribution in [2.24, 2.45) is 0 Å². The van der Waals surface area contributed by atoms with Gasteiger partial charge in [-0.2, -0.15) is 0 Å². The predicted molar refractivity (Wildman–Crippen MR) is 88.6 cm³/mol. The summed E-state index contributed by atoms with van der Waals surface area (Å²) in [4.78, 5) is 33.5. The largest absolute Gasteiger partial charge is 0.465 e. The van der Waals surface area contributed by atoms with Crippen LogP contribution in [0.2, 0.25) is 0 Å². The summed E-state index contributed by atoms with van der Waals surface area (Å²) in [6, 6.07) is 2.96. The Morgan fingerprint density at radius 2 is 2.24 bits per heavy atom. The van der Waals surface area contributed by atoms with Gasteiger partial charge in [0.1, 0.15) is 11.6 Å². The van der Waals surface area contributed by atoms with E-state index in [-0.39, 0.29) is 17.3 Å². The number of imidazole rings is 1. The first-order valence-corrected chi connectivity index (χ1v) is 8.05. The summed E-state index contributed by atoms with van der Waals surface area (Å²) >= 11 is 0. The normalized spacial score (nSPS) is 17.2. The minimum absolute atomic E-state index is 0.0839. The van der Waals surface area contributed by atoms with E-state index in [9.17, 15) is 14.0 Å². The molecule has 0 unspecified atom stereocenters. The average molecular weight is 346 g/mol. The lowest BCUT2D eigenvalue weighted by atomic mass is 10.0. The van der Waals surface area contributed by atoms with Crippen molar-refractivity contribution in [3.63, 3.8) is 0 Å². The lowest BCUT2D eigenvalue weighted by molar-refractivity contribution is 0.0602. The summed E-state index contributed by atoms with van der Waals surface area (Å²) in [5, 5.41) is 2.63. The van der Waals surface area contributed by atoms with Crippen molar-refractivity contribution in [2.75, 3.05) is 19.0 Å². The number of piperidine rings is 1. The number of carbonyl (C=O) groups is 2. The van der Waals surface area contributed by atoms with Gasteiger partial charge in [0, 0.05) is 18.9 Å². The number of anilines is 1. The van der Waals surface area contributed by atoms with Crippen LogP contribution in [0.1, 0.15) is 41.5 Å². The van der Waals surface area contributed by atoms with E-state index in [1.807, 2.05) is 0 Å². The molecule has 7 nitrogen and oxygen atoms in total. The highest BCUT2D eigenvalue weighted by molar-refractivity contribution is 6.00. The van der Waals surface area contributed by atoms with Crippen LogP contribution in [0.15, 0.2) is 30.6 Å². The van der Waals surface area contributed by atoms with E-state index in [0.717, 1.165) is 31.4 Å². The summed E-state index contributed by atoms with van der Waals surface area (Å²) in [7, 11) is 1.23. The van der Waals surface area contributed by atoms with Crippen molar-refractivity contribution in [2.45, 2.75) is 25.3 Å². The van der Waals surface area contributed by atoms with E-state index in [2.05, 4.69) is 20.0 Å². The number of esters is 1. The highest BCUT2D eigenvalue weighted by Crippen LogP contribution is 2.30. The Bertz CT molecular complexity index is 763. The number of hydrogen-bond donors (Lipinski definition) is 2. The lowest BCUT2D eigenvalue weighted by Crippen LogP contribution is -2.41. The number of likely N-dealkylation sites (tertiary alicyclic amines) is 1. The molecule has 0 saturated carbocycles. The van der Waals surface area contributed by atoms with Gasteiger partial charge in [0.25, 0.3) is 0 Å². The molecular formula is C17H19FN4O3. The number of amides is 2. The molecule has 2 amide bonds. The third-order valence-corrected chi connectivity index (χ3v) is 4.23. The average Bonchev–Trinajstić information content (AvgIpc) is 3.16. The lowest BCUT2D eigenvalue weighted by Gasteiger charge is -2.34. The van der Waals surface area contributed by atoms with Crippen LogP contribution in [-0.4, -0.2) is 40.5 Å². The second-order valence-corrected chi connectivity index (χ2v) is 5.79. The molecule has 25 heavy (non-hydrogen) atoms. The molecule has 1 atom stereocenters. The summed E-state index contributed by atoms with van der Waals surface area (Å²) in [6.45, 7) is 0.556. The minimum Gasteiger partial charge on any atom is -0.465 e. The first-order chi connectivity index (χ1) is 12.1. The Kier molecular flexibility index (Phi) is 4.97. The number of H-pyrrole nitrogens is 1. The number of ether oxygens (including phenoxy) is 1. The zero-order chi connectivity index (χ0) is 17.8. The monoisotopic (exact) mass is 346 g/mol. The van der Waals surface area contributed by atoms with Gasteiger partial charge in [-0.05, 0) is 37.5 Å². The fourth-order valence-electron chi connectivity index (χ4n) is 3.01. The van der Waals surface area contributed by atoms with Crippen LogP contribution >= 0.6 is 0 Å². The summed E-state index contributed by atoms with van der Waals surface area (Å²) in [5.74, 6) is -0.483. The molecule has 3 rings (SSSR count). The fraction of sp³-hybridized carbons (Fsp3) is 0.353. The van der Waals surface area contributed by atoms with E-state index in [4.69, 9.17) is 0 Å². The summed E-state index contributed by atoms with van der Waals surface area (Å²) in [6.07, 6.45) is 6.00. The molecule has 1 saturated heterocycles. The molecule has 2 aromatic rings. The number of halogens is 1. The molecule has 1 aliphatic heterocycles. The molecule has 8 heteroatoms. The van der Waals surface area contributed by atoms with Crippen molar-refractivity contribution in [1.29, 1.82) is 0 Å². The molecule has 1 aromatic heterocycles. The van der Waals surface area contributed by atoms with E-state index in [1.54, 1.807) is 17.3 Å². The van der Waals surface area contributed by atoms with Gasteiger partial charge >= 0.3 is 12.0 Å². The molecule has 0 aliphatic carbocycles. The Morgan fingerprint density at radius 1 is 1.40 bits per heavy atom. The number of aromatic amines is 1. The molecule has 1 fully saturated rings. The minimum atomic E-state index is -0.642. The van der Waals surface area contributed by atoms with Gasteiger partial charge < -0.3 is 19.9 Å². The van der Waals surface area contributed by atoms with Crippen LogP contribution in [0.4, 0.5) is 14.9 Å². The van der Waals surface area contributed by atoms with Crippen molar-refractivity contribution < 1.29 is 18.7 Å². The van der Waals surface area contributed by atoms with Crippen molar-refractivity contribution in [3.8, 4) is 0 Å². The van der Waals surface area contributed by atoms with Gasteiger partial charge in [-0.15, -0.1) is 0 Å². The highest BCUT2D eigenvalue weighted by Gasteiger charge is 2.30. The number of methoxy groups -OCH3 is 1. The maximum Gasteiger partial charge on any atom is 0.339 e. The topological polar surface area (TPSA) is 87.3 Å². The van der Waals surface area contributed by atoms with Gasteiger partial charge in [-0.1, -0.05) is 0 Å². The van der Waals surface area contributed by atoms with Gasteiger partial charge in [-0.3, -0.25) is 0 Å². The SMILES string of the molecule is COC(=O)c1ccc(F)cc1NC(=O)N1CCCC[C@@H]1c1ncc[nH]1. The quantitative estimate of drug-likeness (QED) is 0.836. The summed E-state index contributed by atoms with van der Waals surface area (Å²) in [5.41, 5.74) is 0.185. The second-order valence-electron chi connectivity index (χ2n) is 5.79. The molecule has 132 valence electrons. The van der Waals surface area contributed by atoms with E-state index in [1.165, 1.54) is 13.2 Å². The van der Waals surface area contributed by atoms with Crippen LogP contribution in [0.25, 0.3) is 0 Å². The third-order valence-electron chi connectivity index (χ3n) is 4.23. The molecule has 1 aliphatic rings. The van der Waals surface area contributed by atoms with Crippen LogP contribution < -0.4 is 5.32 Å². The first-order valence-electron chi connectivity index (χ1n) is 8.05.